The fourth-order valence-electron chi connectivity index (χ4n) is 4.14. The van der Waals surface area contributed by atoms with Crippen molar-refractivity contribution >= 4 is 11.7 Å². The molecule has 0 spiro atoms. The number of urea groups is 1. The molecular weight excluding hydrogens is 352 g/mol. The molecule has 0 radical (unpaired) electrons. The molecule has 6 heteroatoms. The highest BCUT2D eigenvalue weighted by atomic mass is 16.5. The number of nitrogens with one attached hydrogen (secondary N) is 2. The first-order chi connectivity index (χ1) is 13.8. The Morgan fingerprint density at radius 3 is 2.79 bits per heavy atom. The van der Waals surface area contributed by atoms with Crippen LogP contribution in [0.25, 0.3) is 0 Å². The predicted molar refractivity (Wildman–Crippen MR) is 109 cm³/mol. The van der Waals surface area contributed by atoms with E-state index in [9.17, 15) is 4.79 Å². The van der Waals surface area contributed by atoms with Gasteiger partial charge < -0.3 is 15.4 Å². The number of aryl methyl sites for hydroxylation is 1. The van der Waals surface area contributed by atoms with Gasteiger partial charge >= 0.3 is 6.03 Å². The Kier molecular flexibility index (Phi) is 6.19. The molecule has 2 heterocycles. The lowest BCUT2D eigenvalue weighted by Gasteiger charge is -2.34. The summed E-state index contributed by atoms with van der Waals surface area (Å²) in [6.07, 6.45) is 6.36. The van der Waals surface area contributed by atoms with Crippen molar-refractivity contribution in [3.63, 3.8) is 0 Å². The third-order valence-corrected chi connectivity index (χ3v) is 5.62. The van der Waals surface area contributed by atoms with Gasteiger partial charge in [0.05, 0.1) is 24.9 Å². The second-order valence-corrected chi connectivity index (χ2v) is 7.40. The number of aromatic nitrogens is 1. The molecule has 0 saturated carbocycles. The molecule has 1 aromatic carbocycles. The molecule has 28 heavy (non-hydrogen) atoms. The molecule has 6 nitrogen and oxygen atoms in total. The van der Waals surface area contributed by atoms with E-state index >= 15 is 0 Å². The first-order valence-electron chi connectivity index (χ1n) is 10.2. The number of morpholine rings is 1. The van der Waals surface area contributed by atoms with Crippen LogP contribution in [0.2, 0.25) is 0 Å². The van der Waals surface area contributed by atoms with E-state index in [0.29, 0.717) is 19.8 Å². The quantitative estimate of drug-likeness (QED) is 0.836. The van der Waals surface area contributed by atoms with Gasteiger partial charge in [0.2, 0.25) is 0 Å². The summed E-state index contributed by atoms with van der Waals surface area (Å²) in [5.74, 6) is 0. The van der Waals surface area contributed by atoms with E-state index < -0.39 is 0 Å². The predicted octanol–water partition coefficient (Wildman–Crippen LogP) is 3.16. The summed E-state index contributed by atoms with van der Waals surface area (Å²) < 4.78 is 5.48. The molecule has 2 amide bonds. The maximum atomic E-state index is 12.6. The fraction of sp³-hybridized carbons (Fsp3) is 0.455. The van der Waals surface area contributed by atoms with Gasteiger partial charge in [-0.15, -0.1) is 0 Å². The van der Waals surface area contributed by atoms with E-state index in [-0.39, 0.29) is 12.1 Å². The molecule has 2 aliphatic rings. The lowest BCUT2D eigenvalue weighted by atomic mass is 9.90. The van der Waals surface area contributed by atoms with Crippen LogP contribution in [0.1, 0.15) is 35.7 Å². The molecule has 0 bridgehead atoms. The molecule has 1 atom stereocenters. The van der Waals surface area contributed by atoms with Crippen molar-refractivity contribution in [1.82, 2.24) is 15.2 Å². The highest BCUT2D eigenvalue weighted by Crippen LogP contribution is 2.27. The van der Waals surface area contributed by atoms with E-state index in [1.54, 1.807) is 6.20 Å². The van der Waals surface area contributed by atoms with Crippen molar-refractivity contribution in [2.75, 3.05) is 38.2 Å². The van der Waals surface area contributed by atoms with Crippen molar-refractivity contribution < 1.29 is 9.53 Å². The summed E-state index contributed by atoms with van der Waals surface area (Å²) in [6, 6.07) is 12.0. The number of rotatable bonds is 5. The van der Waals surface area contributed by atoms with E-state index in [0.717, 1.165) is 37.3 Å². The molecule has 1 aromatic heterocycles. The van der Waals surface area contributed by atoms with Crippen molar-refractivity contribution in [1.29, 1.82) is 0 Å². The van der Waals surface area contributed by atoms with Gasteiger partial charge in [-0.1, -0.05) is 18.2 Å². The lowest BCUT2D eigenvalue weighted by Crippen LogP contribution is -2.44. The molecule has 2 N–H and O–H groups in total. The number of amides is 2. The summed E-state index contributed by atoms with van der Waals surface area (Å²) in [4.78, 5) is 19.5. The van der Waals surface area contributed by atoms with Crippen LogP contribution in [0.5, 0.6) is 0 Å². The normalized spacial score (nSPS) is 18.1. The van der Waals surface area contributed by atoms with E-state index in [4.69, 9.17) is 4.74 Å². The van der Waals surface area contributed by atoms with Crippen molar-refractivity contribution in [3.8, 4) is 0 Å². The molecule has 0 unspecified atom stereocenters. The maximum Gasteiger partial charge on any atom is 0.319 e. The highest BCUT2D eigenvalue weighted by Gasteiger charge is 2.24. The number of carbonyl (C=O) groups excluding carboxylic acids is 1. The minimum absolute atomic E-state index is 0.0422. The van der Waals surface area contributed by atoms with Gasteiger partial charge in [0, 0.05) is 31.5 Å². The summed E-state index contributed by atoms with van der Waals surface area (Å²) in [5, 5.41) is 6.13. The molecule has 148 valence electrons. The van der Waals surface area contributed by atoms with Crippen LogP contribution in [0, 0.1) is 0 Å². The second-order valence-electron chi connectivity index (χ2n) is 7.40. The van der Waals surface area contributed by atoms with Crippen molar-refractivity contribution in [3.05, 3.63) is 59.4 Å². The minimum atomic E-state index is -0.159. The van der Waals surface area contributed by atoms with Crippen LogP contribution < -0.4 is 10.6 Å². The third-order valence-electron chi connectivity index (χ3n) is 5.62. The Morgan fingerprint density at radius 1 is 1.11 bits per heavy atom. The van der Waals surface area contributed by atoms with Crippen molar-refractivity contribution in [2.24, 2.45) is 0 Å². The number of fused-ring (bicyclic) bond motifs is 1. The first-order valence-corrected chi connectivity index (χ1v) is 10.2. The van der Waals surface area contributed by atoms with E-state index in [1.165, 1.54) is 24.0 Å². The number of nitrogens with zero attached hydrogens (tertiary/aromatic N) is 2. The van der Waals surface area contributed by atoms with E-state index in [1.807, 2.05) is 30.3 Å². The van der Waals surface area contributed by atoms with Gasteiger partial charge in [-0.25, -0.2) is 4.79 Å². The number of pyridine rings is 1. The number of ether oxygens (including phenoxy) is 1. The van der Waals surface area contributed by atoms with E-state index in [2.05, 4.69) is 26.6 Å². The number of hydrogen-bond donors (Lipinski definition) is 2. The fourth-order valence-corrected chi connectivity index (χ4v) is 4.14. The number of anilines is 1. The average Bonchev–Trinajstić information content (AvgIpc) is 2.76. The molecule has 1 aliphatic carbocycles. The monoisotopic (exact) mass is 380 g/mol. The molecular formula is C22H28N4O2. The minimum Gasteiger partial charge on any atom is -0.379 e. The van der Waals surface area contributed by atoms with Crippen molar-refractivity contribution in [2.45, 2.75) is 31.7 Å². The molecule has 2 aromatic rings. The van der Waals surface area contributed by atoms with Gasteiger partial charge in [0.15, 0.2) is 0 Å². The second kappa shape index (κ2) is 9.17. The summed E-state index contributed by atoms with van der Waals surface area (Å²) in [7, 11) is 0. The standard InChI is InChI=1S/C22H28N4O2/c27-22(25-19-10-5-7-17-6-1-2-8-18(17)19)24-16-21(20-9-3-4-11-23-20)26-12-14-28-15-13-26/h3-5,7,9-11,21H,1-2,6,8,12-16H2,(H2,24,25,27)/t21-/m1/s1. The molecule has 4 rings (SSSR count). The van der Waals surface area contributed by atoms with Crippen LogP contribution >= 0.6 is 0 Å². The van der Waals surface area contributed by atoms with Crippen LogP contribution in [0.3, 0.4) is 0 Å². The van der Waals surface area contributed by atoms with Gasteiger partial charge in [0.1, 0.15) is 0 Å². The highest BCUT2D eigenvalue weighted by molar-refractivity contribution is 5.90. The van der Waals surface area contributed by atoms with Gasteiger partial charge in [-0.3, -0.25) is 9.88 Å². The lowest BCUT2D eigenvalue weighted by molar-refractivity contribution is 0.0159. The SMILES string of the molecule is O=C(NC[C@H](c1ccccn1)N1CCOCC1)Nc1cccc2c1CCCC2. The van der Waals surface area contributed by atoms with Gasteiger partial charge in [-0.05, 0) is 55.0 Å². The average molecular weight is 380 g/mol. The zero-order valence-corrected chi connectivity index (χ0v) is 16.2. The smallest absolute Gasteiger partial charge is 0.319 e. The molecule has 1 saturated heterocycles. The van der Waals surface area contributed by atoms with Gasteiger partial charge in [0.25, 0.3) is 0 Å². The third kappa shape index (κ3) is 4.51. The summed E-state index contributed by atoms with van der Waals surface area (Å²) in [5.41, 5.74) is 4.57. The number of hydrogen-bond acceptors (Lipinski definition) is 4. The summed E-state index contributed by atoms with van der Waals surface area (Å²) in [6.45, 7) is 3.63. The Morgan fingerprint density at radius 2 is 1.96 bits per heavy atom. The van der Waals surface area contributed by atoms with Crippen LogP contribution in [-0.4, -0.2) is 48.8 Å². The molecule has 1 aliphatic heterocycles. The topological polar surface area (TPSA) is 66.5 Å². The van der Waals surface area contributed by atoms with Gasteiger partial charge in [-0.2, -0.15) is 0 Å². The Hall–Kier alpha value is -2.44. The number of benzene rings is 1. The summed E-state index contributed by atoms with van der Waals surface area (Å²) >= 11 is 0. The van der Waals surface area contributed by atoms with Crippen LogP contribution in [0.15, 0.2) is 42.6 Å². The zero-order valence-electron chi connectivity index (χ0n) is 16.2. The first kappa shape index (κ1) is 18.9. The van der Waals surface area contributed by atoms with Crippen LogP contribution in [-0.2, 0) is 17.6 Å². The zero-order chi connectivity index (χ0) is 19.2. The van der Waals surface area contributed by atoms with Crippen LogP contribution in [0.4, 0.5) is 10.5 Å². The number of carbonyl (C=O) groups is 1. The largest absolute Gasteiger partial charge is 0.379 e. The Labute approximate surface area is 166 Å². The molecule has 1 fully saturated rings. The maximum absolute atomic E-state index is 12.6. The Balaban J connectivity index is 1.42. The Bertz CT molecular complexity index is 790.